The van der Waals surface area contributed by atoms with E-state index in [0.717, 1.165) is 35.5 Å². The number of carbonyl (C=O) groups excluding carboxylic acids is 1. The highest BCUT2D eigenvalue weighted by atomic mass is 32.1. The Kier molecular flexibility index (Phi) is 6.13. The molecule has 0 spiro atoms. The van der Waals surface area contributed by atoms with E-state index in [1.54, 1.807) is 11.3 Å². The SMILES string of the molecule is CCc1ccc(-c2nc(CC(=O)NC(CC)CC)cs2)cc1. The largest absolute Gasteiger partial charge is 0.353 e. The van der Waals surface area contributed by atoms with Crippen molar-refractivity contribution in [3.8, 4) is 10.6 Å². The number of carbonyl (C=O) groups is 1. The Balaban J connectivity index is 2.00. The van der Waals surface area contributed by atoms with Crippen LogP contribution in [0.1, 0.15) is 44.9 Å². The van der Waals surface area contributed by atoms with E-state index in [1.165, 1.54) is 5.56 Å². The lowest BCUT2D eigenvalue weighted by Gasteiger charge is -2.13. The van der Waals surface area contributed by atoms with Crippen molar-refractivity contribution in [2.75, 3.05) is 0 Å². The van der Waals surface area contributed by atoms with Crippen LogP contribution in [0.25, 0.3) is 10.6 Å². The van der Waals surface area contributed by atoms with Crippen LogP contribution in [-0.4, -0.2) is 16.9 Å². The highest BCUT2D eigenvalue weighted by Gasteiger charge is 2.12. The van der Waals surface area contributed by atoms with E-state index in [-0.39, 0.29) is 11.9 Å². The van der Waals surface area contributed by atoms with Crippen LogP contribution in [0, 0.1) is 0 Å². The highest BCUT2D eigenvalue weighted by molar-refractivity contribution is 7.13. The summed E-state index contributed by atoms with van der Waals surface area (Å²) in [6.45, 7) is 6.33. The standard InChI is InChI=1S/C18H24N2OS/c1-4-13-7-9-14(10-8-13)18-20-16(12-22-18)11-17(21)19-15(5-2)6-3/h7-10,12,15H,4-6,11H2,1-3H3,(H,19,21). The smallest absolute Gasteiger partial charge is 0.226 e. The molecule has 22 heavy (non-hydrogen) atoms. The molecule has 1 heterocycles. The molecule has 0 aliphatic rings. The molecule has 1 amide bonds. The van der Waals surface area contributed by atoms with Crippen molar-refractivity contribution in [3.05, 3.63) is 40.9 Å². The van der Waals surface area contributed by atoms with E-state index < -0.39 is 0 Å². The van der Waals surface area contributed by atoms with E-state index in [2.05, 4.69) is 55.3 Å². The minimum absolute atomic E-state index is 0.0619. The minimum Gasteiger partial charge on any atom is -0.353 e. The summed E-state index contributed by atoms with van der Waals surface area (Å²) in [5.74, 6) is 0.0619. The molecule has 118 valence electrons. The number of hydrogen-bond donors (Lipinski definition) is 1. The maximum Gasteiger partial charge on any atom is 0.226 e. The summed E-state index contributed by atoms with van der Waals surface area (Å²) in [5, 5.41) is 6.02. The molecule has 0 radical (unpaired) electrons. The predicted molar refractivity (Wildman–Crippen MR) is 93.1 cm³/mol. The maximum atomic E-state index is 12.0. The Morgan fingerprint density at radius 2 is 1.86 bits per heavy atom. The van der Waals surface area contributed by atoms with Gasteiger partial charge in [-0.3, -0.25) is 4.79 Å². The highest BCUT2D eigenvalue weighted by Crippen LogP contribution is 2.24. The molecule has 1 aromatic carbocycles. The van der Waals surface area contributed by atoms with Crippen molar-refractivity contribution in [3.63, 3.8) is 0 Å². The molecule has 0 bridgehead atoms. The second-order valence-corrected chi connectivity index (χ2v) is 6.31. The summed E-state index contributed by atoms with van der Waals surface area (Å²) in [4.78, 5) is 16.6. The third-order valence-electron chi connectivity index (χ3n) is 3.85. The molecule has 0 atom stereocenters. The normalized spacial score (nSPS) is 10.9. The topological polar surface area (TPSA) is 42.0 Å². The van der Waals surface area contributed by atoms with Gasteiger partial charge in [0, 0.05) is 17.0 Å². The van der Waals surface area contributed by atoms with Gasteiger partial charge in [0.25, 0.3) is 0 Å². The number of thiazole rings is 1. The monoisotopic (exact) mass is 316 g/mol. The van der Waals surface area contributed by atoms with Gasteiger partial charge in [-0.05, 0) is 24.8 Å². The zero-order valence-electron chi connectivity index (χ0n) is 13.6. The van der Waals surface area contributed by atoms with E-state index in [0.29, 0.717) is 6.42 Å². The lowest BCUT2D eigenvalue weighted by Crippen LogP contribution is -2.34. The third kappa shape index (κ3) is 4.41. The van der Waals surface area contributed by atoms with Crippen LogP contribution in [0.4, 0.5) is 0 Å². The van der Waals surface area contributed by atoms with E-state index in [1.807, 2.05) is 5.38 Å². The molecule has 2 rings (SSSR count). The van der Waals surface area contributed by atoms with Crippen LogP contribution in [-0.2, 0) is 17.6 Å². The van der Waals surface area contributed by atoms with Crippen LogP contribution in [0.15, 0.2) is 29.6 Å². The van der Waals surface area contributed by atoms with Gasteiger partial charge in [0.05, 0.1) is 12.1 Å². The average molecular weight is 316 g/mol. The van der Waals surface area contributed by atoms with Gasteiger partial charge in [-0.25, -0.2) is 4.98 Å². The van der Waals surface area contributed by atoms with Crippen LogP contribution in [0.2, 0.25) is 0 Å². The Bertz CT molecular complexity index is 600. The van der Waals surface area contributed by atoms with Gasteiger partial charge in [-0.1, -0.05) is 45.0 Å². The van der Waals surface area contributed by atoms with Gasteiger partial charge < -0.3 is 5.32 Å². The first kappa shape index (κ1) is 16.7. The van der Waals surface area contributed by atoms with Crippen LogP contribution in [0.3, 0.4) is 0 Å². The van der Waals surface area contributed by atoms with Gasteiger partial charge in [-0.2, -0.15) is 0 Å². The second-order valence-electron chi connectivity index (χ2n) is 5.45. The quantitative estimate of drug-likeness (QED) is 0.831. The summed E-state index contributed by atoms with van der Waals surface area (Å²) >= 11 is 1.60. The number of benzene rings is 1. The zero-order valence-corrected chi connectivity index (χ0v) is 14.4. The number of aryl methyl sites for hydroxylation is 1. The molecule has 1 aromatic heterocycles. The maximum absolute atomic E-state index is 12.0. The molecule has 4 heteroatoms. The van der Waals surface area contributed by atoms with Crippen molar-refractivity contribution in [1.82, 2.24) is 10.3 Å². The first-order valence-electron chi connectivity index (χ1n) is 7.99. The number of amides is 1. The molecule has 0 saturated carbocycles. The number of nitrogens with zero attached hydrogens (tertiary/aromatic N) is 1. The van der Waals surface area contributed by atoms with Crippen molar-refractivity contribution in [2.45, 2.75) is 52.5 Å². The van der Waals surface area contributed by atoms with Crippen LogP contribution >= 0.6 is 11.3 Å². The van der Waals surface area contributed by atoms with E-state index >= 15 is 0 Å². The van der Waals surface area contributed by atoms with Crippen molar-refractivity contribution in [2.24, 2.45) is 0 Å². The number of hydrogen-bond acceptors (Lipinski definition) is 3. The Morgan fingerprint density at radius 1 is 1.18 bits per heavy atom. The molecule has 0 saturated heterocycles. The fourth-order valence-corrected chi connectivity index (χ4v) is 3.17. The molecule has 2 aromatic rings. The second kappa shape index (κ2) is 8.08. The van der Waals surface area contributed by atoms with Gasteiger partial charge in [0.15, 0.2) is 0 Å². The summed E-state index contributed by atoms with van der Waals surface area (Å²) in [5.41, 5.74) is 3.29. The molecular formula is C18H24N2OS. The van der Waals surface area contributed by atoms with Gasteiger partial charge in [0.2, 0.25) is 5.91 Å². The molecule has 3 nitrogen and oxygen atoms in total. The number of nitrogens with one attached hydrogen (secondary N) is 1. The lowest BCUT2D eigenvalue weighted by atomic mass is 10.1. The zero-order chi connectivity index (χ0) is 15.9. The van der Waals surface area contributed by atoms with Gasteiger partial charge in [-0.15, -0.1) is 11.3 Å². The molecule has 1 N–H and O–H groups in total. The summed E-state index contributed by atoms with van der Waals surface area (Å²) in [6.07, 6.45) is 3.34. The van der Waals surface area contributed by atoms with Crippen molar-refractivity contribution >= 4 is 17.2 Å². The van der Waals surface area contributed by atoms with E-state index in [9.17, 15) is 4.79 Å². The Hall–Kier alpha value is -1.68. The van der Waals surface area contributed by atoms with Gasteiger partial charge in [0.1, 0.15) is 5.01 Å². The van der Waals surface area contributed by atoms with Crippen LogP contribution < -0.4 is 5.32 Å². The minimum atomic E-state index is 0.0619. The van der Waals surface area contributed by atoms with Crippen LogP contribution in [0.5, 0.6) is 0 Å². The summed E-state index contributed by atoms with van der Waals surface area (Å²) in [6, 6.07) is 8.75. The predicted octanol–water partition coefficient (Wildman–Crippen LogP) is 4.22. The molecular weight excluding hydrogens is 292 g/mol. The van der Waals surface area contributed by atoms with Gasteiger partial charge >= 0.3 is 0 Å². The first-order valence-corrected chi connectivity index (χ1v) is 8.87. The van der Waals surface area contributed by atoms with Crippen molar-refractivity contribution in [1.29, 1.82) is 0 Å². The third-order valence-corrected chi connectivity index (χ3v) is 4.79. The Morgan fingerprint density at radius 3 is 2.45 bits per heavy atom. The fraction of sp³-hybridized carbons (Fsp3) is 0.444. The molecule has 0 fully saturated rings. The molecule has 0 unspecified atom stereocenters. The number of rotatable bonds is 7. The fourth-order valence-electron chi connectivity index (χ4n) is 2.34. The van der Waals surface area contributed by atoms with E-state index in [4.69, 9.17) is 0 Å². The molecule has 0 aliphatic heterocycles. The summed E-state index contributed by atoms with van der Waals surface area (Å²) in [7, 11) is 0. The lowest BCUT2D eigenvalue weighted by molar-refractivity contribution is -0.121. The summed E-state index contributed by atoms with van der Waals surface area (Å²) < 4.78 is 0. The number of aromatic nitrogens is 1. The van der Waals surface area contributed by atoms with Crippen molar-refractivity contribution < 1.29 is 4.79 Å². The Labute approximate surface area is 136 Å². The average Bonchev–Trinajstić information content (AvgIpc) is 3.01. The molecule has 0 aliphatic carbocycles. The first-order chi connectivity index (χ1) is 10.7.